The third-order valence-electron chi connectivity index (χ3n) is 3.82. The Hall–Kier alpha value is -1.36. The van der Waals surface area contributed by atoms with Crippen molar-refractivity contribution in [1.82, 2.24) is 5.32 Å². The highest BCUT2D eigenvalue weighted by Crippen LogP contribution is 2.19. The molecular formula is C15H21NO3S. The average molecular weight is 295 g/mol. The first-order valence-electron chi connectivity index (χ1n) is 6.99. The summed E-state index contributed by atoms with van der Waals surface area (Å²) in [7, 11) is -3.29. The lowest BCUT2D eigenvalue weighted by molar-refractivity contribution is 0.0927. The van der Waals surface area contributed by atoms with Crippen molar-refractivity contribution in [2.45, 2.75) is 50.0 Å². The maximum absolute atomic E-state index is 12.3. The zero-order chi connectivity index (χ0) is 14.8. The predicted molar refractivity (Wildman–Crippen MR) is 78.6 cm³/mol. The van der Waals surface area contributed by atoms with E-state index in [1.165, 1.54) is 12.5 Å². The highest BCUT2D eigenvalue weighted by molar-refractivity contribution is 7.90. The van der Waals surface area contributed by atoms with Crippen LogP contribution in [-0.4, -0.2) is 26.6 Å². The first kappa shape index (κ1) is 15.0. The van der Waals surface area contributed by atoms with Crippen LogP contribution in [0.4, 0.5) is 0 Å². The molecule has 0 radical (unpaired) electrons. The van der Waals surface area contributed by atoms with Crippen molar-refractivity contribution in [2.75, 3.05) is 6.26 Å². The lowest BCUT2D eigenvalue weighted by Crippen LogP contribution is -2.36. The molecule has 0 aromatic heterocycles. The van der Waals surface area contributed by atoms with Gasteiger partial charge in [0.1, 0.15) is 0 Å². The van der Waals surface area contributed by atoms with Crippen molar-refractivity contribution in [3.05, 3.63) is 29.3 Å². The van der Waals surface area contributed by atoms with E-state index in [9.17, 15) is 13.2 Å². The van der Waals surface area contributed by atoms with Gasteiger partial charge in [0.05, 0.1) is 4.90 Å². The van der Waals surface area contributed by atoms with Crippen LogP contribution >= 0.6 is 0 Å². The van der Waals surface area contributed by atoms with Crippen LogP contribution in [0.1, 0.15) is 48.0 Å². The fraction of sp³-hybridized carbons (Fsp3) is 0.533. The van der Waals surface area contributed by atoms with Crippen molar-refractivity contribution in [2.24, 2.45) is 0 Å². The number of aryl methyl sites for hydroxylation is 1. The van der Waals surface area contributed by atoms with Gasteiger partial charge in [0, 0.05) is 17.9 Å². The molecule has 0 spiro atoms. The zero-order valence-electron chi connectivity index (χ0n) is 12.0. The van der Waals surface area contributed by atoms with Gasteiger partial charge in [-0.3, -0.25) is 4.79 Å². The number of benzene rings is 1. The Balaban J connectivity index is 2.20. The molecule has 110 valence electrons. The Labute approximate surface area is 120 Å². The third-order valence-corrected chi connectivity index (χ3v) is 4.93. The Morgan fingerprint density at radius 1 is 1.20 bits per heavy atom. The summed E-state index contributed by atoms with van der Waals surface area (Å²) < 4.78 is 23.2. The standard InChI is InChI=1S/C15H21NO3S/c1-11-8-9-13(20(2,18)19)10-14(11)15(17)16-12-6-4-3-5-7-12/h8-10,12H,3-7H2,1-2H3,(H,16,17). The summed E-state index contributed by atoms with van der Waals surface area (Å²) in [4.78, 5) is 12.5. The van der Waals surface area contributed by atoms with Crippen LogP contribution < -0.4 is 5.32 Å². The maximum atomic E-state index is 12.3. The van der Waals surface area contributed by atoms with E-state index in [0.717, 1.165) is 37.5 Å². The summed E-state index contributed by atoms with van der Waals surface area (Å²) >= 11 is 0. The molecule has 5 heteroatoms. The van der Waals surface area contributed by atoms with Crippen LogP contribution in [0.25, 0.3) is 0 Å². The fourth-order valence-corrected chi connectivity index (χ4v) is 3.23. The quantitative estimate of drug-likeness (QED) is 0.931. The number of nitrogens with one attached hydrogen (secondary N) is 1. The molecule has 0 unspecified atom stereocenters. The van der Waals surface area contributed by atoms with Crippen LogP contribution in [0.15, 0.2) is 23.1 Å². The molecule has 1 fully saturated rings. The van der Waals surface area contributed by atoms with E-state index < -0.39 is 9.84 Å². The summed E-state index contributed by atoms with van der Waals surface area (Å²) in [5.41, 5.74) is 1.25. The summed E-state index contributed by atoms with van der Waals surface area (Å²) in [6.07, 6.45) is 6.70. The molecule has 1 aliphatic rings. The lowest BCUT2D eigenvalue weighted by atomic mass is 9.95. The first-order valence-corrected chi connectivity index (χ1v) is 8.88. The van der Waals surface area contributed by atoms with Gasteiger partial charge in [-0.2, -0.15) is 0 Å². The maximum Gasteiger partial charge on any atom is 0.251 e. The smallest absolute Gasteiger partial charge is 0.251 e. The monoisotopic (exact) mass is 295 g/mol. The number of hydrogen-bond donors (Lipinski definition) is 1. The van der Waals surface area contributed by atoms with Gasteiger partial charge in [-0.15, -0.1) is 0 Å². The van der Waals surface area contributed by atoms with E-state index in [1.807, 2.05) is 6.92 Å². The second kappa shape index (κ2) is 5.95. The summed E-state index contributed by atoms with van der Waals surface area (Å²) in [5, 5.41) is 3.02. The molecule has 1 aromatic carbocycles. The molecule has 1 N–H and O–H groups in total. The van der Waals surface area contributed by atoms with Gasteiger partial charge >= 0.3 is 0 Å². The molecule has 0 atom stereocenters. The minimum atomic E-state index is -3.29. The average Bonchev–Trinajstić information content (AvgIpc) is 2.39. The second-order valence-electron chi connectivity index (χ2n) is 5.56. The van der Waals surface area contributed by atoms with Gasteiger partial charge in [0.25, 0.3) is 5.91 Å². The molecule has 1 saturated carbocycles. The van der Waals surface area contributed by atoms with Gasteiger partial charge < -0.3 is 5.32 Å². The first-order chi connectivity index (χ1) is 9.38. The summed E-state index contributed by atoms with van der Waals surface area (Å²) in [6.45, 7) is 1.82. The minimum absolute atomic E-state index is 0.167. The number of amides is 1. The van der Waals surface area contributed by atoms with E-state index in [2.05, 4.69) is 5.32 Å². The Kier molecular flexibility index (Phi) is 4.48. The van der Waals surface area contributed by atoms with Gasteiger partial charge in [-0.05, 0) is 37.5 Å². The normalized spacial score (nSPS) is 16.9. The number of hydrogen-bond acceptors (Lipinski definition) is 3. The lowest BCUT2D eigenvalue weighted by Gasteiger charge is -2.23. The van der Waals surface area contributed by atoms with E-state index in [0.29, 0.717) is 5.56 Å². The highest BCUT2D eigenvalue weighted by atomic mass is 32.2. The Bertz CT molecular complexity index is 602. The molecule has 1 aliphatic carbocycles. The molecule has 0 bridgehead atoms. The van der Waals surface area contributed by atoms with E-state index in [1.54, 1.807) is 12.1 Å². The van der Waals surface area contributed by atoms with Crippen molar-refractivity contribution in [1.29, 1.82) is 0 Å². The molecular weight excluding hydrogens is 274 g/mol. The van der Waals surface area contributed by atoms with Crippen molar-refractivity contribution in [3.8, 4) is 0 Å². The molecule has 0 heterocycles. The predicted octanol–water partition coefficient (Wildman–Crippen LogP) is 2.46. The van der Waals surface area contributed by atoms with Crippen LogP contribution in [0.3, 0.4) is 0 Å². The number of sulfone groups is 1. The van der Waals surface area contributed by atoms with E-state index in [-0.39, 0.29) is 16.8 Å². The van der Waals surface area contributed by atoms with Crippen LogP contribution in [-0.2, 0) is 9.84 Å². The number of carbonyl (C=O) groups excluding carboxylic acids is 1. The summed E-state index contributed by atoms with van der Waals surface area (Å²) in [6, 6.07) is 4.93. The topological polar surface area (TPSA) is 63.2 Å². The van der Waals surface area contributed by atoms with Crippen molar-refractivity contribution >= 4 is 15.7 Å². The largest absolute Gasteiger partial charge is 0.349 e. The highest BCUT2D eigenvalue weighted by Gasteiger charge is 2.19. The minimum Gasteiger partial charge on any atom is -0.349 e. The molecule has 2 rings (SSSR count). The molecule has 0 aliphatic heterocycles. The second-order valence-corrected chi connectivity index (χ2v) is 7.57. The van der Waals surface area contributed by atoms with Crippen molar-refractivity contribution in [3.63, 3.8) is 0 Å². The van der Waals surface area contributed by atoms with Gasteiger partial charge in [0.2, 0.25) is 0 Å². The van der Waals surface area contributed by atoms with Crippen LogP contribution in [0, 0.1) is 6.92 Å². The van der Waals surface area contributed by atoms with Crippen LogP contribution in [0.2, 0.25) is 0 Å². The van der Waals surface area contributed by atoms with Gasteiger partial charge in [-0.25, -0.2) is 8.42 Å². The molecule has 0 saturated heterocycles. The van der Waals surface area contributed by atoms with E-state index >= 15 is 0 Å². The SMILES string of the molecule is Cc1ccc(S(C)(=O)=O)cc1C(=O)NC1CCCCC1. The Morgan fingerprint density at radius 3 is 2.45 bits per heavy atom. The van der Waals surface area contributed by atoms with E-state index in [4.69, 9.17) is 0 Å². The molecule has 1 amide bonds. The fourth-order valence-electron chi connectivity index (χ4n) is 2.59. The third kappa shape index (κ3) is 3.60. The zero-order valence-corrected chi connectivity index (χ0v) is 12.8. The van der Waals surface area contributed by atoms with Gasteiger partial charge in [0.15, 0.2) is 9.84 Å². The molecule has 20 heavy (non-hydrogen) atoms. The van der Waals surface area contributed by atoms with Gasteiger partial charge in [-0.1, -0.05) is 25.3 Å². The number of rotatable bonds is 3. The van der Waals surface area contributed by atoms with Crippen LogP contribution in [0.5, 0.6) is 0 Å². The summed E-state index contributed by atoms with van der Waals surface area (Å²) in [5.74, 6) is -0.167. The molecule has 1 aromatic rings. The molecule has 4 nitrogen and oxygen atoms in total. The van der Waals surface area contributed by atoms with Crippen molar-refractivity contribution < 1.29 is 13.2 Å². The number of carbonyl (C=O) groups is 1. The Morgan fingerprint density at radius 2 is 1.85 bits per heavy atom.